The summed E-state index contributed by atoms with van der Waals surface area (Å²) in [5.74, 6) is -2.05. The van der Waals surface area contributed by atoms with Crippen LogP contribution in [-0.2, 0) is 14.8 Å². The molecule has 2 heterocycles. The lowest BCUT2D eigenvalue weighted by molar-refractivity contribution is 0.130. The zero-order valence-electron chi connectivity index (χ0n) is 18.1. The van der Waals surface area contributed by atoms with Crippen LogP contribution < -0.4 is 4.72 Å². The molecule has 2 N–H and O–H groups in total. The standard InChI is InChI=1S/C24H23F2N3O3S/c1-3-11-33(30,31)29-20-10-9-19(25)21(22(20)26)23(32-2)18-14-28-24-17(18)12-16(13-27-24)15-7-5-4-6-8-15/h4-10,12-14,23,29H,3,11H2,1-2H3,(H,27,28). The molecule has 0 saturated carbocycles. The fraction of sp³-hybridized carbons (Fsp3) is 0.208. The number of nitrogens with one attached hydrogen (secondary N) is 2. The van der Waals surface area contributed by atoms with Gasteiger partial charge in [-0.05, 0) is 30.2 Å². The van der Waals surface area contributed by atoms with Gasteiger partial charge >= 0.3 is 0 Å². The van der Waals surface area contributed by atoms with Crippen LogP contribution in [0.3, 0.4) is 0 Å². The normalized spacial score (nSPS) is 12.7. The molecule has 9 heteroatoms. The van der Waals surface area contributed by atoms with Crippen molar-refractivity contribution in [3.05, 3.63) is 83.7 Å². The zero-order valence-corrected chi connectivity index (χ0v) is 18.9. The molecule has 1 unspecified atom stereocenters. The van der Waals surface area contributed by atoms with Gasteiger partial charge in [0.15, 0.2) is 5.82 Å². The van der Waals surface area contributed by atoms with Gasteiger partial charge in [0, 0.05) is 36.0 Å². The maximum atomic E-state index is 15.4. The highest BCUT2D eigenvalue weighted by Gasteiger charge is 2.28. The molecule has 0 aliphatic heterocycles. The summed E-state index contributed by atoms with van der Waals surface area (Å²) in [6.07, 6.45) is 2.53. The van der Waals surface area contributed by atoms with E-state index in [0.717, 1.165) is 23.3 Å². The summed E-state index contributed by atoms with van der Waals surface area (Å²) in [6, 6.07) is 13.6. The molecule has 0 amide bonds. The van der Waals surface area contributed by atoms with Crippen molar-refractivity contribution >= 4 is 26.7 Å². The highest BCUT2D eigenvalue weighted by Crippen LogP contribution is 2.37. The number of ether oxygens (including phenoxy) is 1. The minimum atomic E-state index is -3.76. The molecule has 4 aromatic rings. The number of hydrogen-bond acceptors (Lipinski definition) is 4. The maximum Gasteiger partial charge on any atom is 0.232 e. The van der Waals surface area contributed by atoms with E-state index in [9.17, 15) is 12.8 Å². The average molecular weight is 472 g/mol. The quantitative estimate of drug-likeness (QED) is 0.361. The second-order valence-electron chi connectivity index (χ2n) is 7.59. The van der Waals surface area contributed by atoms with E-state index in [4.69, 9.17) is 4.74 Å². The number of sulfonamides is 1. The SMILES string of the molecule is CCCS(=O)(=O)Nc1ccc(F)c(C(OC)c2c[nH]c3ncc(-c4ccccc4)cc23)c1F. The van der Waals surface area contributed by atoms with Crippen LogP contribution in [0.2, 0.25) is 0 Å². The Kier molecular flexibility index (Phi) is 6.44. The first-order valence-corrected chi connectivity index (χ1v) is 12.0. The number of nitrogens with zero attached hydrogens (tertiary/aromatic N) is 1. The van der Waals surface area contributed by atoms with Gasteiger partial charge in [-0.1, -0.05) is 37.3 Å². The number of hydrogen-bond donors (Lipinski definition) is 2. The number of rotatable bonds is 8. The van der Waals surface area contributed by atoms with Crippen LogP contribution in [0.4, 0.5) is 14.5 Å². The highest BCUT2D eigenvalue weighted by molar-refractivity contribution is 7.92. The monoisotopic (exact) mass is 471 g/mol. The van der Waals surface area contributed by atoms with Gasteiger partial charge in [-0.25, -0.2) is 22.2 Å². The molecule has 4 rings (SSSR count). The number of fused-ring (bicyclic) bond motifs is 1. The Balaban J connectivity index is 1.81. The van der Waals surface area contributed by atoms with E-state index in [1.165, 1.54) is 7.11 Å². The number of aromatic amines is 1. The molecule has 0 spiro atoms. The van der Waals surface area contributed by atoms with Crippen molar-refractivity contribution in [2.75, 3.05) is 17.6 Å². The lowest BCUT2D eigenvalue weighted by Crippen LogP contribution is -2.18. The number of benzene rings is 2. The van der Waals surface area contributed by atoms with Crippen LogP contribution >= 0.6 is 0 Å². The Bertz CT molecular complexity index is 1390. The maximum absolute atomic E-state index is 15.4. The average Bonchev–Trinajstić information content (AvgIpc) is 3.22. The summed E-state index contributed by atoms with van der Waals surface area (Å²) >= 11 is 0. The molecule has 172 valence electrons. The van der Waals surface area contributed by atoms with Gasteiger partial charge in [-0.2, -0.15) is 0 Å². The molecule has 2 aromatic heterocycles. The van der Waals surface area contributed by atoms with Crippen molar-refractivity contribution in [1.82, 2.24) is 9.97 Å². The van der Waals surface area contributed by atoms with E-state index in [1.54, 1.807) is 19.3 Å². The Morgan fingerprint density at radius 1 is 1.12 bits per heavy atom. The summed E-state index contributed by atoms with van der Waals surface area (Å²) < 4.78 is 62.3. The molecule has 1 atom stereocenters. The molecule has 0 aliphatic rings. The minimum absolute atomic E-state index is 0.177. The van der Waals surface area contributed by atoms with E-state index in [2.05, 4.69) is 14.7 Å². The third kappa shape index (κ3) is 4.60. The van der Waals surface area contributed by atoms with Crippen LogP contribution in [0.1, 0.15) is 30.6 Å². The second-order valence-corrected chi connectivity index (χ2v) is 9.43. The van der Waals surface area contributed by atoms with Crippen molar-refractivity contribution in [2.45, 2.75) is 19.4 Å². The molecule has 33 heavy (non-hydrogen) atoms. The lowest BCUT2D eigenvalue weighted by atomic mass is 9.98. The van der Waals surface area contributed by atoms with Gasteiger partial charge in [0.2, 0.25) is 10.0 Å². The zero-order chi connectivity index (χ0) is 23.6. The summed E-state index contributed by atoms with van der Waals surface area (Å²) in [6.45, 7) is 1.70. The fourth-order valence-electron chi connectivity index (χ4n) is 3.81. The minimum Gasteiger partial charge on any atom is -0.372 e. The molecular formula is C24H23F2N3O3S. The van der Waals surface area contributed by atoms with Gasteiger partial charge in [0.05, 0.1) is 17.0 Å². The van der Waals surface area contributed by atoms with E-state index >= 15 is 4.39 Å². The Hall–Kier alpha value is -3.30. The van der Waals surface area contributed by atoms with Crippen LogP contribution in [0.15, 0.2) is 60.9 Å². The predicted molar refractivity (Wildman–Crippen MR) is 124 cm³/mol. The van der Waals surface area contributed by atoms with Gasteiger partial charge in [0.25, 0.3) is 0 Å². The van der Waals surface area contributed by atoms with E-state index < -0.39 is 27.8 Å². The molecule has 0 radical (unpaired) electrons. The number of pyridine rings is 1. The first-order valence-electron chi connectivity index (χ1n) is 10.4. The molecule has 0 aliphatic carbocycles. The molecule has 0 fully saturated rings. The molecular weight excluding hydrogens is 448 g/mol. The first kappa shape index (κ1) is 22.9. The number of halogens is 2. The van der Waals surface area contributed by atoms with Crippen molar-refractivity contribution in [3.8, 4) is 11.1 Å². The lowest BCUT2D eigenvalue weighted by Gasteiger charge is -2.19. The highest BCUT2D eigenvalue weighted by atomic mass is 32.2. The van der Waals surface area contributed by atoms with Gasteiger partial charge in [0.1, 0.15) is 17.6 Å². The van der Waals surface area contributed by atoms with Crippen LogP contribution in [-0.4, -0.2) is 31.2 Å². The van der Waals surface area contributed by atoms with Gasteiger partial charge < -0.3 is 9.72 Å². The van der Waals surface area contributed by atoms with E-state index in [1.807, 2.05) is 36.4 Å². The number of methoxy groups -OCH3 is 1. The molecule has 0 bridgehead atoms. The van der Waals surface area contributed by atoms with Crippen molar-refractivity contribution in [3.63, 3.8) is 0 Å². The number of anilines is 1. The van der Waals surface area contributed by atoms with Gasteiger partial charge in [-0.15, -0.1) is 0 Å². The third-order valence-corrected chi connectivity index (χ3v) is 6.79. The molecule has 6 nitrogen and oxygen atoms in total. The molecule has 2 aromatic carbocycles. The first-order chi connectivity index (χ1) is 15.8. The van der Waals surface area contributed by atoms with Gasteiger partial charge in [-0.3, -0.25) is 4.72 Å². The second kappa shape index (κ2) is 9.29. The summed E-state index contributed by atoms with van der Waals surface area (Å²) in [5, 5.41) is 0.638. The smallest absolute Gasteiger partial charge is 0.232 e. The Morgan fingerprint density at radius 2 is 1.88 bits per heavy atom. The number of H-pyrrole nitrogens is 1. The summed E-state index contributed by atoms with van der Waals surface area (Å²) in [7, 11) is -2.43. The van der Waals surface area contributed by atoms with Crippen LogP contribution in [0.5, 0.6) is 0 Å². The molecule has 0 saturated heterocycles. The summed E-state index contributed by atoms with van der Waals surface area (Å²) in [5.41, 5.74) is 2.07. The Morgan fingerprint density at radius 3 is 2.58 bits per heavy atom. The largest absolute Gasteiger partial charge is 0.372 e. The fourth-order valence-corrected chi connectivity index (χ4v) is 4.94. The topological polar surface area (TPSA) is 84.1 Å². The van der Waals surface area contributed by atoms with Crippen molar-refractivity contribution in [2.24, 2.45) is 0 Å². The van der Waals surface area contributed by atoms with E-state index in [0.29, 0.717) is 23.0 Å². The Labute approximate surface area is 190 Å². The number of aromatic nitrogens is 2. The van der Waals surface area contributed by atoms with Crippen LogP contribution in [0.25, 0.3) is 22.2 Å². The van der Waals surface area contributed by atoms with Crippen molar-refractivity contribution in [1.29, 1.82) is 0 Å². The van der Waals surface area contributed by atoms with E-state index in [-0.39, 0.29) is 17.0 Å². The predicted octanol–water partition coefficient (Wildman–Crippen LogP) is 5.40. The van der Waals surface area contributed by atoms with Crippen molar-refractivity contribution < 1.29 is 21.9 Å². The van der Waals surface area contributed by atoms with Crippen LogP contribution in [0, 0.1) is 11.6 Å². The third-order valence-electron chi connectivity index (χ3n) is 5.32. The summed E-state index contributed by atoms with van der Waals surface area (Å²) in [4.78, 5) is 7.44.